The quantitative estimate of drug-likeness (QED) is 0.833. The summed E-state index contributed by atoms with van der Waals surface area (Å²) in [4.78, 5) is 0. The third-order valence-electron chi connectivity index (χ3n) is 2.83. The van der Waals surface area contributed by atoms with Crippen LogP contribution in [0, 0.1) is 12.7 Å². The zero-order valence-corrected chi connectivity index (χ0v) is 10.5. The molecule has 2 N–H and O–H groups in total. The average Bonchev–Trinajstić information content (AvgIpc) is 2.34. The summed E-state index contributed by atoms with van der Waals surface area (Å²) in [6.07, 6.45) is -0.172. The summed E-state index contributed by atoms with van der Waals surface area (Å²) in [7, 11) is 0. The van der Waals surface area contributed by atoms with Crippen LogP contribution in [0.3, 0.4) is 0 Å². The van der Waals surface area contributed by atoms with Crippen molar-refractivity contribution in [2.24, 2.45) is 0 Å². The van der Waals surface area contributed by atoms with Crippen molar-refractivity contribution < 1.29 is 9.13 Å². The Labute approximate surface area is 106 Å². The topological polar surface area (TPSA) is 35.2 Å². The maximum atomic E-state index is 13.2. The predicted octanol–water partition coefficient (Wildman–Crippen LogP) is 3.86. The van der Waals surface area contributed by atoms with Crippen LogP contribution in [0.2, 0.25) is 0 Å². The van der Waals surface area contributed by atoms with E-state index in [1.165, 1.54) is 12.1 Å². The van der Waals surface area contributed by atoms with Gasteiger partial charge in [0.25, 0.3) is 0 Å². The van der Waals surface area contributed by atoms with Crippen molar-refractivity contribution in [2.75, 3.05) is 5.73 Å². The Morgan fingerprint density at radius 3 is 2.67 bits per heavy atom. The number of nitrogen functional groups attached to an aromatic ring is 1. The molecule has 0 bridgehead atoms. The van der Waals surface area contributed by atoms with E-state index in [2.05, 4.69) is 0 Å². The summed E-state index contributed by atoms with van der Waals surface area (Å²) in [5.74, 6) is 0.264. The van der Waals surface area contributed by atoms with Crippen LogP contribution in [0.25, 0.3) is 0 Å². The molecule has 0 saturated heterocycles. The number of halogens is 1. The normalized spacial score (nSPS) is 12.2. The number of hydrogen-bond donors (Lipinski definition) is 1. The minimum Gasteiger partial charge on any atom is -0.486 e. The lowest BCUT2D eigenvalue weighted by atomic mass is 10.1. The lowest BCUT2D eigenvalue weighted by Crippen LogP contribution is -2.05. The van der Waals surface area contributed by atoms with Crippen LogP contribution in [-0.4, -0.2) is 0 Å². The first-order valence-corrected chi connectivity index (χ1v) is 5.84. The molecule has 0 aromatic heterocycles. The Bertz CT molecular complexity index is 554. The highest BCUT2D eigenvalue weighted by molar-refractivity contribution is 5.42. The van der Waals surface area contributed by atoms with Gasteiger partial charge in [0.05, 0.1) is 0 Å². The Morgan fingerprint density at radius 2 is 1.94 bits per heavy atom. The van der Waals surface area contributed by atoms with Crippen LogP contribution in [0.15, 0.2) is 42.5 Å². The molecule has 0 fully saturated rings. The molecule has 0 amide bonds. The van der Waals surface area contributed by atoms with Crippen molar-refractivity contribution in [3.63, 3.8) is 0 Å². The zero-order chi connectivity index (χ0) is 13.1. The third kappa shape index (κ3) is 2.80. The molecule has 0 aliphatic heterocycles. The van der Waals surface area contributed by atoms with E-state index in [1.807, 2.05) is 38.1 Å². The Hall–Kier alpha value is -2.03. The molecule has 0 saturated carbocycles. The Kier molecular flexibility index (Phi) is 3.51. The summed E-state index contributed by atoms with van der Waals surface area (Å²) >= 11 is 0. The van der Waals surface area contributed by atoms with E-state index in [9.17, 15) is 4.39 Å². The maximum Gasteiger partial charge on any atom is 0.126 e. The van der Waals surface area contributed by atoms with E-state index < -0.39 is 0 Å². The maximum absolute atomic E-state index is 13.2. The number of benzene rings is 2. The third-order valence-corrected chi connectivity index (χ3v) is 2.83. The molecule has 2 nitrogen and oxygen atoms in total. The van der Waals surface area contributed by atoms with E-state index in [0.29, 0.717) is 11.4 Å². The summed E-state index contributed by atoms with van der Waals surface area (Å²) in [6.45, 7) is 3.81. The SMILES string of the molecule is Cc1ccc(F)cc1OC(C)c1cccc(N)c1. The molecule has 2 aromatic carbocycles. The van der Waals surface area contributed by atoms with E-state index in [4.69, 9.17) is 10.5 Å². The molecule has 0 aliphatic carbocycles. The first-order chi connectivity index (χ1) is 8.56. The van der Waals surface area contributed by atoms with Gasteiger partial charge in [0.1, 0.15) is 17.7 Å². The van der Waals surface area contributed by atoms with Gasteiger partial charge >= 0.3 is 0 Å². The molecule has 2 aromatic rings. The fourth-order valence-corrected chi connectivity index (χ4v) is 1.77. The van der Waals surface area contributed by atoms with Gasteiger partial charge in [0.2, 0.25) is 0 Å². The van der Waals surface area contributed by atoms with Gasteiger partial charge in [0, 0.05) is 11.8 Å². The lowest BCUT2D eigenvalue weighted by Gasteiger charge is -2.17. The van der Waals surface area contributed by atoms with Gasteiger partial charge < -0.3 is 10.5 Å². The van der Waals surface area contributed by atoms with Crippen LogP contribution in [-0.2, 0) is 0 Å². The molecule has 18 heavy (non-hydrogen) atoms. The van der Waals surface area contributed by atoms with E-state index in [0.717, 1.165) is 11.1 Å². The summed E-state index contributed by atoms with van der Waals surface area (Å²) in [5, 5.41) is 0. The highest BCUT2D eigenvalue weighted by atomic mass is 19.1. The molecule has 94 valence electrons. The molecule has 0 heterocycles. The van der Waals surface area contributed by atoms with Crippen LogP contribution < -0.4 is 10.5 Å². The van der Waals surface area contributed by atoms with Gasteiger partial charge in [-0.1, -0.05) is 18.2 Å². The Morgan fingerprint density at radius 1 is 1.17 bits per heavy atom. The number of nitrogens with two attached hydrogens (primary N) is 1. The number of anilines is 1. The summed E-state index contributed by atoms with van der Waals surface area (Å²) < 4.78 is 18.9. The van der Waals surface area contributed by atoms with E-state index >= 15 is 0 Å². The number of aryl methyl sites for hydroxylation is 1. The molecular weight excluding hydrogens is 229 g/mol. The summed E-state index contributed by atoms with van der Waals surface area (Å²) in [5.41, 5.74) is 8.30. The second-order valence-corrected chi connectivity index (χ2v) is 4.34. The monoisotopic (exact) mass is 245 g/mol. The molecule has 2 rings (SSSR count). The van der Waals surface area contributed by atoms with Gasteiger partial charge in [-0.3, -0.25) is 0 Å². The molecule has 0 aliphatic rings. The van der Waals surface area contributed by atoms with Gasteiger partial charge in [-0.15, -0.1) is 0 Å². The van der Waals surface area contributed by atoms with E-state index in [1.54, 1.807) is 6.07 Å². The van der Waals surface area contributed by atoms with Gasteiger partial charge in [-0.25, -0.2) is 4.39 Å². The lowest BCUT2D eigenvalue weighted by molar-refractivity contribution is 0.224. The highest BCUT2D eigenvalue weighted by Crippen LogP contribution is 2.26. The van der Waals surface area contributed by atoms with E-state index in [-0.39, 0.29) is 11.9 Å². The van der Waals surface area contributed by atoms with Gasteiger partial charge in [-0.2, -0.15) is 0 Å². The molecular formula is C15H16FNO. The van der Waals surface area contributed by atoms with Crippen molar-refractivity contribution in [3.05, 3.63) is 59.4 Å². The Balaban J connectivity index is 2.21. The minimum atomic E-state index is -0.296. The van der Waals surface area contributed by atoms with Crippen molar-refractivity contribution in [2.45, 2.75) is 20.0 Å². The largest absolute Gasteiger partial charge is 0.486 e. The fraction of sp³-hybridized carbons (Fsp3) is 0.200. The predicted molar refractivity (Wildman–Crippen MR) is 71.0 cm³/mol. The molecule has 1 unspecified atom stereocenters. The van der Waals surface area contributed by atoms with Crippen LogP contribution in [0.4, 0.5) is 10.1 Å². The minimum absolute atomic E-state index is 0.172. The zero-order valence-electron chi connectivity index (χ0n) is 10.5. The first kappa shape index (κ1) is 12.4. The second kappa shape index (κ2) is 5.08. The van der Waals surface area contributed by atoms with Crippen molar-refractivity contribution in [3.8, 4) is 5.75 Å². The van der Waals surface area contributed by atoms with Crippen molar-refractivity contribution in [1.82, 2.24) is 0 Å². The fourth-order valence-electron chi connectivity index (χ4n) is 1.77. The van der Waals surface area contributed by atoms with Crippen LogP contribution in [0.1, 0.15) is 24.2 Å². The summed E-state index contributed by atoms with van der Waals surface area (Å²) in [6, 6.07) is 12.0. The molecule has 1 atom stereocenters. The van der Waals surface area contributed by atoms with Gasteiger partial charge in [0.15, 0.2) is 0 Å². The average molecular weight is 245 g/mol. The highest BCUT2D eigenvalue weighted by Gasteiger charge is 2.10. The second-order valence-electron chi connectivity index (χ2n) is 4.34. The number of hydrogen-bond acceptors (Lipinski definition) is 2. The number of rotatable bonds is 3. The first-order valence-electron chi connectivity index (χ1n) is 5.84. The molecule has 0 spiro atoms. The molecule has 3 heteroatoms. The van der Waals surface area contributed by atoms with Crippen LogP contribution in [0.5, 0.6) is 5.75 Å². The van der Waals surface area contributed by atoms with Crippen LogP contribution >= 0.6 is 0 Å². The van der Waals surface area contributed by atoms with Crippen molar-refractivity contribution >= 4 is 5.69 Å². The number of ether oxygens (including phenoxy) is 1. The molecule has 0 radical (unpaired) electrons. The smallest absolute Gasteiger partial charge is 0.126 e. The van der Waals surface area contributed by atoms with Crippen molar-refractivity contribution in [1.29, 1.82) is 0 Å². The van der Waals surface area contributed by atoms with Gasteiger partial charge in [-0.05, 0) is 43.2 Å². The standard InChI is InChI=1S/C15H16FNO/c1-10-6-7-13(16)9-15(10)18-11(2)12-4-3-5-14(17)8-12/h3-9,11H,17H2,1-2H3.